The molecule has 12 heteroatoms. The van der Waals surface area contributed by atoms with Crippen molar-refractivity contribution < 1.29 is 53.9 Å². The van der Waals surface area contributed by atoms with Gasteiger partial charge in [-0.2, -0.15) is 0 Å². The van der Waals surface area contributed by atoms with Gasteiger partial charge in [-0.1, -0.05) is 26.0 Å². The van der Waals surface area contributed by atoms with Gasteiger partial charge in [0.05, 0.1) is 12.8 Å². The van der Waals surface area contributed by atoms with Gasteiger partial charge in [0.2, 0.25) is 0 Å². The molecule has 184 valence electrons. The van der Waals surface area contributed by atoms with Crippen LogP contribution in [-0.2, 0) is 23.9 Å². The summed E-state index contributed by atoms with van der Waals surface area (Å²) in [5.41, 5.74) is -2.49. The zero-order valence-corrected chi connectivity index (χ0v) is 18.8. The van der Waals surface area contributed by atoms with E-state index < -0.39 is 48.3 Å². The third-order valence-corrected chi connectivity index (χ3v) is 4.25. The highest BCUT2D eigenvalue weighted by Gasteiger charge is 2.40. The molecule has 12 nitrogen and oxygen atoms in total. The second-order valence-corrected chi connectivity index (χ2v) is 6.79. The molecule has 0 aliphatic rings. The summed E-state index contributed by atoms with van der Waals surface area (Å²) in [6.45, 7) is 8.69. The normalized spacial score (nSPS) is 11.6. The van der Waals surface area contributed by atoms with Crippen LogP contribution in [0.15, 0.2) is 24.3 Å². The number of carbonyl (C=O) groups is 5. The summed E-state index contributed by atoms with van der Waals surface area (Å²) in [6, 6.07) is 6.55. The van der Waals surface area contributed by atoms with Crippen molar-refractivity contribution in [3.05, 3.63) is 29.8 Å². The van der Waals surface area contributed by atoms with Gasteiger partial charge in [-0.15, -0.1) is 0 Å². The van der Waals surface area contributed by atoms with Crippen LogP contribution >= 0.6 is 0 Å². The summed E-state index contributed by atoms with van der Waals surface area (Å²) in [6.07, 6.45) is -2.62. The van der Waals surface area contributed by atoms with Gasteiger partial charge in [-0.25, -0.2) is 9.59 Å². The van der Waals surface area contributed by atoms with Crippen LogP contribution in [0.5, 0.6) is 5.75 Å². The van der Waals surface area contributed by atoms with E-state index in [0.717, 1.165) is 13.1 Å². The number of carboxylic acids is 3. The molecule has 0 saturated carbocycles. The van der Waals surface area contributed by atoms with E-state index in [0.29, 0.717) is 0 Å². The fourth-order valence-corrected chi connectivity index (χ4v) is 2.62. The van der Waals surface area contributed by atoms with E-state index in [1.807, 2.05) is 25.7 Å². The van der Waals surface area contributed by atoms with Crippen LogP contribution in [0.4, 0.5) is 0 Å². The largest absolute Gasteiger partial charge is 0.481 e. The van der Waals surface area contributed by atoms with E-state index in [-0.39, 0.29) is 17.5 Å². The number of hydrogen-bond donors (Lipinski definition) is 4. The Labute approximate surface area is 190 Å². The third-order valence-electron chi connectivity index (χ3n) is 4.25. The Kier molecular flexibility index (Phi) is 12.3. The van der Waals surface area contributed by atoms with Crippen LogP contribution in [-0.4, -0.2) is 80.1 Å². The minimum Gasteiger partial charge on any atom is -0.481 e. The lowest BCUT2D eigenvalue weighted by molar-refractivity contribution is -0.170. The molecule has 1 aromatic rings. The van der Waals surface area contributed by atoms with Gasteiger partial charge in [0.25, 0.3) is 0 Å². The lowest BCUT2D eigenvalue weighted by Crippen LogP contribution is -2.42. The molecule has 0 heterocycles. The van der Waals surface area contributed by atoms with Crippen LogP contribution < -0.4 is 4.74 Å². The number of ether oxygens (including phenoxy) is 2. The molecule has 0 radical (unpaired) electrons. The number of carbonyl (C=O) groups excluding carboxylic acids is 2. The lowest BCUT2D eigenvalue weighted by atomic mass is 9.96. The maximum absolute atomic E-state index is 12.2. The molecule has 0 aromatic heterocycles. The van der Waals surface area contributed by atoms with Gasteiger partial charge < -0.3 is 29.9 Å². The number of hydrogen-bond acceptors (Lipinski definition) is 9. The van der Waals surface area contributed by atoms with Gasteiger partial charge >= 0.3 is 29.8 Å². The molecule has 0 bridgehead atoms. The second-order valence-electron chi connectivity index (χ2n) is 6.79. The Morgan fingerprint density at radius 1 is 0.970 bits per heavy atom. The molecule has 0 aliphatic heterocycles. The van der Waals surface area contributed by atoms with Crippen molar-refractivity contribution in [1.29, 1.82) is 0 Å². The molecule has 1 aromatic carbocycles. The molecule has 1 atom stereocenters. The Bertz CT molecular complexity index is 832. The van der Waals surface area contributed by atoms with Crippen molar-refractivity contribution in [3.8, 4) is 5.75 Å². The summed E-state index contributed by atoms with van der Waals surface area (Å²) in [4.78, 5) is 55.7. The van der Waals surface area contributed by atoms with Crippen molar-refractivity contribution in [2.24, 2.45) is 0 Å². The van der Waals surface area contributed by atoms with Crippen LogP contribution in [0.1, 0.15) is 50.9 Å². The monoisotopic (exact) mass is 471 g/mol. The Morgan fingerprint density at radius 3 is 1.85 bits per heavy atom. The molecule has 0 aliphatic carbocycles. The Hall–Kier alpha value is -3.51. The molecule has 0 spiro atoms. The van der Waals surface area contributed by atoms with E-state index >= 15 is 0 Å². The predicted molar refractivity (Wildman–Crippen MR) is 113 cm³/mol. The maximum Gasteiger partial charge on any atom is 0.343 e. The first-order valence-corrected chi connectivity index (χ1v) is 9.89. The van der Waals surface area contributed by atoms with Gasteiger partial charge in [-0.05, 0) is 32.1 Å². The highest BCUT2D eigenvalue weighted by Crippen LogP contribution is 2.20. The van der Waals surface area contributed by atoms with Crippen molar-refractivity contribution in [1.82, 2.24) is 4.90 Å². The van der Waals surface area contributed by atoms with Crippen molar-refractivity contribution >= 4 is 29.8 Å². The number of aliphatic hydroxyl groups is 1. The van der Waals surface area contributed by atoms with Crippen molar-refractivity contribution in [3.63, 3.8) is 0 Å². The van der Waals surface area contributed by atoms with Crippen LogP contribution in [0, 0.1) is 0 Å². The second kappa shape index (κ2) is 13.8. The van der Waals surface area contributed by atoms with Crippen LogP contribution in [0.3, 0.4) is 0 Å². The summed E-state index contributed by atoms with van der Waals surface area (Å²) in [5.74, 6) is -5.77. The van der Waals surface area contributed by atoms with E-state index in [4.69, 9.17) is 29.9 Å². The third kappa shape index (κ3) is 10.6. The van der Waals surface area contributed by atoms with E-state index in [9.17, 15) is 24.0 Å². The standard InChI is InChI=1S/C15H21NO4.C6H8O7/c1-5-16(6-2)11(3)19-15(18)13-9-7-8-10-14(13)20-12(4)17;7-3(8)1-6(13,5(11)12)2-4(9)10/h7-11H,5-6H2,1-4H3;13H,1-2H2,(H,7,8)(H,9,10)(H,11,12). The number of para-hydroxylation sites is 1. The number of esters is 2. The van der Waals surface area contributed by atoms with Gasteiger partial charge in [0.15, 0.2) is 11.8 Å². The molecular weight excluding hydrogens is 442 g/mol. The molecule has 0 fully saturated rings. The number of rotatable bonds is 11. The van der Waals surface area contributed by atoms with Gasteiger partial charge in [0, 0.05) is 6.92 Å². The maximum atomic E-state index is 12.2. The van der Waals surface area contributed by atoms with E-state index in [2.05, 4.69) is 0 Å². The van der Waals surface area contributed by atoms with Crippen molar-refractivity contribution in [2.45, 2.75) is 52.4 Å². The van der Waals surface area contributed by atoms with Crippen LogP contribution in [0.25, 0.3) is 0 Å². The minimum atomic E-state index is -2.74. The molecule has 33 heavy (non-hydrogen) atoms. The number of carboxylic acid groups (broad SMARTS) is 3. The first-order valence-electron chi connectivity index (χ1n) is 9.89. The fourth-order valence-electron chi connectivity index (χ4n) is 2.62. The summed E-state index contributed by atoms with van der Waals surface area (Å²) in [7, 11) is 0. The number of nitrogens with zero attached hydrogens (tertiary/aromatic N) is 1. The minimum absolute atomic E-state index is 0.219. The molecule has 1 unspecified atom stereocenters. The Morgan fingerprint density at radius 2 is 1.45 bits per heavy atom. The fraction of sp³-hybridized carbons (Fsp3) is 0.476. The highest BCUT2D eigenvalue weighted by molar-refractivity contribution is 5.93. The SMILES string of the molecule is CCN(CC)C(C)OC(=O)c1ccccc1OC(C)=O.O=C(O)CC(O)(CC(=O)O)C(=O)O. The lowest BCUT2D eigenvalue weighted by Gasteiger charge is -2.26. The molecule has 0 saturated heterocycles. The Balaban J connectivity index is 0.000000684. The zero-order chi connectivity index (χ0) is 25.8. The molecule has 4 N–H and O–H groups in total. The van der Waals surface area contributed by atoms with Gasteiger partial charge in [-0.3, -0.25) is 19.3 Å². The molecular formula is C21H29NO11. The summed E-state index contributed by atoms with van der Waals surface area (Å²) < 4.78 is 10.4. The van der Waals surface area contributed by atoms with E-state index in [1.54, 1.807) is 24.3 Å². The first-order chi connectivity index (χ1) is 15.3. The first kappa shape index (κ1) is 29.5. The predicted octanol–water partition coefficient (Wildman–Crippen LogP) is 1.21. The smallest absolute Gasteiger partial charge is 0.343 e. The molecule has 0 amide bonds. The highest BCUT2D eigenvalue weighted by atomic mass is 16.6. The average Bonchev–Trinajstić information content (AvgIpc) is 2.68. The quantitative estimate of drug-likeness (QED) is 0.205. The topological polar surface area (TPSA) is 188 Å². The van der Waals surface area contributed by atoms with E-state index in [1.165, 1.54) is 6.92 Å². The van der Waals surface area contributed by atoms with Gasteiger partial charge in [0.1, 0.15) is 11.3 Å². The zero-order valence-electron chi connectivity index (χ0n) is 18.8. The summed E-state index contributed by atoms with van der Waals surface area (Å²) >= 11 is 0. The summed E-state index contributed by atoms with van der Waals surface area (Å²) in [5, 5.41) is 33.8. The van der Waals surface area contributed by atoms with Crippen LogP contribution in [0.2, 0.25) is 0 Å². The average molecular weight is 471 g/mol. The van der Waals surface area contributed by atoms with Crippen molar-refractivity contribution in [2.75, 3.05) is 13.1 Å². The number of aliphatic carboxylic acids is 3. The number of benzene rings is 1. The molecule has 1 rings (SSSR count).